The van der Waals surface area contributed by atoms with Crippen LogP contribution in [0, 0.1) is 5.92 Å². The Morgan fingerprint density at radius 2 is 1.90 bits per heavy atom. The topological polar surface area (TPSA) is 52.6 Å². The van der Waals surface area contributed by atoms with Crippen molar-refractivity contribution in [2.75, 3.05) is 13.2 Å². The maximum absolute atomic E-state index is 12.3. The zero-order chi connectivity index (χ0) is 14.8. The van der Waals surface area contributed by atoms with E-state index in [4.69, 9.17) is 9.47 Å². The second-order valence-electron chi connectivity index (χ2n) is 4.68. The summed E-state index contributed by atoms with van der Waals surface area (Å²) in [5, 5.41) is 0. The van der Waals surface area contributed by atoms with E-state index in [1.54, 1.807) is 13.8 Å². The lowest BCUT2D eigenvalue weighted by atomic mass is 9.93. The molecule has 0 N–H and O–H groups in total. The van der Waals surface area contributed by atoms with Crippen molar-refractivity contribution in [3.05, 3.63) is 34.3 Å². The number of hydrogen-bond donors (Lipinski definition) is 0. The molecule has 0 bridgehead atoms. The molecule has 1 fully saturated rings. The van der Waals surface area contributed by atoms with Crippen LogP contribution in [0.25, 0.3) is 0 Å². The molecule has 1 aromatic carbocycles. The first-order valence-electron chi connectivity index (χ1n) is 6.66. The summed E-state index contributed by atoms with van der Waals surface area (Å²) in [5.74, 6) is -1.15. The van der Waals surface area contributed by atoms with Gasteiger partial charge in [0.2, 0.25) is 0 Å². The highest BCUT2D eigenvalue weighted by atomic mass is 79.9. The Balaban J connectivity index is 2.36. The molecule has 0 saturated heterocycles. The lowest BCUT2D eigenvalue weighted by Gasteiger charge is -2.17. The van der Waals surface area contributed by atoms with Crippen molar-refractivity contribution >= 4 is 27.9 Å². The van der Waals surface area contributed by atoms with Crippen molar-refractivity contribution in [2.24, 2.45) is 5.92 Å². The zero-order valence-electron chi connectivity index (χ0n) is 11.5. The van der Waals surface area contributed by atoms with E-state index in [0.29, 0.717) is 19.6 Å². The van der Waals surface area contributed by atoms with Gasteiger partial charge in [-0.3, -0.25) is 9.59 Å². The molecule has 0 aliphatic heterocycles. The van der Waals surface area contributed by atoms with Crippen LogP contribution < -0.4 is 0 Å². The van der Waals surface area contributed by atoms with Crippen molar-refractivity contribution in [1.82, 2.24) is 0 Å². The van der Waals surface area contributed by atoms with E-state index in [1.807, 2.05) is 24.3 Å². The van der Waals surface area contributed by atoms with Gasteiger partial charge in [-0.15, -0.1) is 0 Å². The van der Waals surface area contributed by atoms with E-state index in [-0.39, 0.29) is 11.9 Å². The lowest BCUT2D eigenvalue weighted by molar-refractivity contribution is -0.152. The van der Waals surface area contributed by atoms with Crippen LogP contribution in [0.1, 0.15) is 25.8 Å². The van der Waals surface area contributed by atoms with E-state index < -0.39 is 11.3 Å². The van der Waals surface area contributed by atoms with Gasteiger partial charge in [0.15, 0.2) is 0 Å². The van der Waals surface area contributed by atoms with Gasteiger partial charge in [0, 0.05) is 4.47 Å². The van der Waals surface area contributed by atoms with Crippen molar-refractivity contribution < 1.29 is 19.1 Å². The van der Waals surface area contributed by atoms with Crippen LogP contribution in [0.4, 0.5) is 0 Å². The fraction of sp³-hybridized carbons (Fsp3) is 0.467. The molecule has 1 aromatic rings. The summed E-state index contributed by atoms with van der Waals surface area (Å²) in [4.78, 5) is 24.3. The van der Waals surface area contributed by atoms with Gasteiger partial charge in [-0.25, -0.2) is 0 Å². The van der Waals surface area contributed by atoms with Gasteiger partial charge in [-0.2, -0.15) is 0 Å². The number of hydrogen-bond acceptors (Lipinski definition) is 4. The second-order valence-corrected chi connectivity index (χ2v) is 5.53. The van der Waals surface area contributed by atoms with Crippen LogP contribution in [0.2, 0.25) is 0 Å². The summed E-state index contributed by atoms with van der Waals surface area (Å²) in [6.07, 6.45) is 0.438. The third-order valence-corrected chi connectivity index (χ3v) is 4.22. The monoisotopic (exact) mass is 340 g/mol. The molecular formula is C15H17BrO4. The number of carbonyl (C=O) groups excluding carboxylic acids is 2. The Morgan fingerprint density at radius 3 is 2.50 bits per heavy atom. The third kappa shape index (κ3) is 2.46. The fourth-order valence-electron chi connectivity index (χ4n) is 2.51. The Kier molecular flexibility index (Phi) is 4.48. The highest BCUT2D eigenvalue weighted by molar-refractivity contribution is 9.10. The van der Waals surface area contributed by atoms with Crippen LogP contribution in [0.3, 0.4) is 0 Å². The maximum Gasteiger partial charge on any atom is 0.317 e. The minimum atomic E-state index is -0.900. The zero-order valence-corrected chi connectivity index (χ0v) is 13.1. The van der Waals surface area contributed by atoms with E-state index in [9.17, 15) is 9.59 Å². The highest BCUT2D eigenvalue weighted by Gasteiger charge is 2.67. The van der Waals surface area contributed by atoms with Gasteiger partial charge in [-0.05, 0) is 31.9 Å². The average Bonchev–Trinajstić information content (AvgIpc) is 3.16. The standard InChI is InChI=1S/C15H17BrO4/c1-3-19-13(17)11-9-15(11,14(18)20-4-2)10-7-5-6-8-12(10)16/h5-8,11H,3-4,9H2,1-2H3/t11-,15-/m0/s1. The van der Waals surface area contributed by atoms with Gasteiger partial charge >= 0.3 is 11.9 Å². The van der Waals surface area contributed by atoms with Gasteiger partial charge in [-0.1, -0.05) is 34.1 Å². The number of halogens is 1. The van der Waals surface area contributed by atoms with Crippen molar-refractivity contribution in [3.63, 3.8) is 0 Å². The minimum Gasteiger partial charge on any atom is -0.466 e. The molecule has 20 heavy (non-hydrogen) atoms. The molecule has 0 amide bonds. The molecule has 1 aliphatic rings. The Morgan fingerprint density at radius 1 is 1.25 bits per heavy atom. The molecule has 0 heterocycles. The van der Waals surface area contributed by atoms with Crippen molar-refractivity contribution in [2.45, 2.75) is 25.7 Å². The first kappa shape index (κ1) is 15.0. The van der Waals surface area contributed by atoms with Gasteiger partial charge in [0.25, 0.3) is 0 Å². The Bertz CT molecular complexity index is 528. The average molecular weight is 341 g/mol. The molecule has 0 spiro atoms. The van der Waals surface area contributed by atoms with Crippen molar-refractivity contribution in [3.8, 4) is 0 Å². The summed E-state index contributed by atoms with van der Waals surface area (Å²) in [5.41, 5.74) is -0.112. The van der Waals surface area contributed by atoms with Gasteiger partial charge in [0.1, 0.15) is 5.41 Å². The summed E-state index contributed by atoms with van der Waals surface area (Å²) in [6, 6.07) is 7.42. The number of benzene rings is 1. The quantitative estimate of drug-likeness (QED) is 0.773. The normalized spacial score (nSPS) is 24.1. The predicted molar refractivity (Wildman–Crippen MR) is 77.2 cm³/mol. The smallest absolute Gasteiger partial charge is 0.317 e. The SMILES string of the molecule is CCOC(=O)[C@@H]1C[C@]1(C(=O)OCC)c1ccccc1Br. The molecule has 0 unspecified atom stereocenters. The molecule has 1 aliphatic carbocycles. The van der Waals surface area contributed by atoms with Crippen LogP contribution in [-0.2, 0) is 24.5 Å². The predicted octanol–water partition coefficient (Wildman–Crippen LogP) is 2.83. The second kappa shape index (κ2) is 5.95. The van der Waals surface area contributed by atoms with Crippen LogP contribution in [-0.4, -0.2) is 25.2 Å². The van der Waals surface area contributed by atoms with Gasteiger partial charge < -0.3 is 9.47 Å². The van der Waals surface area contributed by atoms with Crippen LogP contribution >= 0.6 is 15.9 Å². The number of esters is 2. The summed E-state index contributed by atoms with van der Waals surface area (Å²) < 4.78 is 11.0. The van der Waals surface area contributed by atoms with E-state index >= 15 is 0 Å². The third-order valence-electron chi connectivity index (χ3n) is 3.53. The summed E-state index contributed by atoms with van der Waals surface area (Å²) in [6.45, 7) is 4.11. The van der Waals surface area contributed by atoms with Crippen LogP contribution in [0.5, 0.6) is 0 Å². The number of carbonyl (C=O) groups is 2. The molecule has 0 radical (unpaired) electrons. The highest BCUT2D eigenvalue weighted by Crippen LogP contribution is 2.57. The number of ether oxygens (including phenoxy) is 2. The Hall–Kier alpha value is -1.36. The van der Waals surface area contributed by atoms with Gasteiger partial charge in [0.05, 0.1) is 19.1 Å². The summed E-state index contributed by atoms with van der Waals surface area (Å²) >= 11 is 3.45. The first-order chi connectivity index (χ1) is 9.57. The minimum absolute atomic E-state index is 0.292. The molecule has 2 atom stereocenters. The molecule has 5 heteroatoms. The molecule has 108 valence electrons. The van der Waals surface area contributed by atoms with E-state index in [2.05, 4.69) is 15.9 Å². The maximum atomic E-state index is 12.3. The van der Waals surface area contributed by atoms with Crippen LogP contribution in [0.15, 0.2) is 28.7 Å². The fourth-order valence-corrected chi connectivity index (χ4v) is 3.15. The molecule has 0 aromatic heterocycles. The largest absolute Gasteiger partial charge is 0.466 e. The lowest BCUT2D eigenvalue weighted by Crippen LogP contribution is -2.29. The van der Waals surface area contributed by atoms with Crippen molar-refractivity contribution in [1.29, 1.82) is 0 Å². The Labute approximate surface area is 126 Å². The van der Waals surface area contributed by atoms with E-state index in [0.717, 1.165) is 10.0 Å². The molecule has 1 saturated carbocycles. The first-order valence-corrected chi connectivity index (χ1v) is 7.46. The molecular weight excluding hydrogens is 324 g/mol. The molecule has 4 nitrogen and oxygen atoms in total. The summed E-state index contributed by atoms with van der Waals surface area (Å²) in [7, 11) is 0. The molecule has 2 rings (SSSR count). The van der Waals surface area contributed by atoms with E-state index in [1.165, 1.54) is 0 Å². The number of rotatable bonds is 5.